The molecule has 3 aliphatic heterocycles. The fourth-order valence-corrected chi connectivity index (χ4v) is 2.92. The first kappa shape index (κ1) is 9.55. The molecule has 3 aliphatic rings. The number of hydrogen-bond acceptors (Lipinski definition) is 3. The number of nitrogens with zero attached hydrogens (tertiary/aromatic N) is 1. The molecule has 0 unspecified atom stereocenters. The highest BCUT2D eigenvalue weighted by Gasteiger charge is 2.30. The van der Waals surface area contributed by atoms with Crippen LogP contribution in [0.3, 0.4) is 0 Å². The first-order chi connectivity index (χ1) is 7.25. The first-order valence-corrected chi connectivity index (χ1v) is 6.18. The van der Waals surface area contributed by atoms with Gasteiger partial charge in [-0.15, -0.1) is 0 Å². The van der Waals surface area contributed by atoms with Crippen molar-refractivity contribution < 1.29 is 4.74 Å². The second-order valence-corrected chi connectivity index (χ2v) is 5.32. The van der Waals surface area contributed by atoms with Gasteiger partial charge in [0.1, 0.15) is 16.7 Å². The van der Waals surface area contributed by atoms with Gasteiger partial charge < -0.3 is 4.74 Å². The normalized spacial score (nSPS) is 24.4. The molecule has 0 aliphatic carbocycles. The van der Waals surface area contributed by atoms with E-state index in [9.17, 15) is 0 Å². The van der Waals surface area contributed by atoms with E-state index < -0.39 is 0 Å². The molecule has 0 amide bonds. The van der Waals surface area contributed by atoms with Crippen LogP contribution in [0.5, 0.6) is 0 Å². The Labute approximate surface area is 97.7 Å². The largest absolute Gasteiger partial charge is 0.488 e. The maximum absolute atomic E-state index is 6.19. The van der Waals surface area contributed by atoms with Gasteiger partial charge in [0.05, 0.1) is 5.70 Å². The van der Waals surface area contributed by atoms with E-state index in [4.69, 9.17) is 16.3 Å². The SMILES string of the molecule is CC1=NC2=C(Cl)SC=C3OCC(=C32)CC1. The monoisotopic (exact) mass is 239 g/mol. The van der Waals surface area contributed by atoms with Gasteiger partial charge in [-0.2, -0.15) is 0 Å². The number of thioether (sulfide) groups is 1. The van der Waals surface area contributed by atoms with Gasteiger partial charge in [0.2, 0.25) is 0 Å². The minimum atomic E-state index is 0.707. The van der Waals surface area contributed by atoms with Crippen LogP contribution in [0, 0.1) is 0 Å². The molecule has 0 saturated heterocycles. The lowest BCUT2D eigenvalue weighted by Gasteiger charge is -2.13. The van der Waals surface area contributed by atoms with E-state index in [1.165, 1.54) is 17.3 Å². The van der Waals surface area contributed by atoms with Crippen LogP contribution in [-0.2, 0) is 4.74 Å². The molecule has 0 aromatic carbocycles. The van der Waals surface area contributed by atoms with Crippen LogP contribution >= 0.6 is 23.4 Å². The van der Waals surface area contributed by atoms with Gasteiger partial charge in [-0.3, -0.25) is 4.99 Å². The van der Waals surface area contributed by atoms with Gasteiger partial charge in [-0.1, -0.05) is 23.4 Å². The molecular weight excluding hydrogens is 230 g/mol. The number of aliphatic imine (C=N–C) groups is 1. The van der Waals surface area contributed by atoms with Crippen LogP contribution in [0.2, 0.25) is 0 Å². The first-order valence-electron chi connectivity index (χ1n) is 4.92. The quantitative estimate of drug-likeness (QED) is 0.645. The zero-order valence-corrected chi connectivity index (χ0v) is 9.91. The van der Waals surface area contributed by atoms with Crippen molar-refractivity contribution in [1.82, 2.24) is 0 Å². The molecule has 0 atom stereocenters. The zero-order valence-electron chi connectivity index (χ0n) is 8.34. The van der Waals surface area contributed by atoms with Crippen molar-refractivity contribution in [3.8, 4) is 0 Å². The lowest BCUT2D eigenvalue weighted by atomic mass is 10.0. The summed E-state index contributed by atoms with van der Waals surface area (Å²) < 4.78 is 6.38. The van der Waals surface area contributed by atoms with Gasteiger partial charge in [0.15, 0.2) is 0 Å². The minimum absolute atomic E-state index is 0.707. The Bertz CT molecular complexity index is 459. The molecule has 15 heavy (non-hydrogen) atoms. The lowest BCUT2D eigenvalue weighted by molar-refractivity contribution is 0.269. The minimum Gasteiger partial charge on any atom is -0.488 e. The van der Waals surface area contributed by atoms with Gasteiger partial charge in [0, 0.05) is 16.7 Å². The average Bonchev–Trinajstić information content (AvgIpc) is 2.55. The van der Waals surface area contributed by atoms with Gasteiger partial charge in [0.25, 0.3) is 0 Å². The fraction of sp³-hybridized carbons (Fsp3) is 0.364. The van der Waals surface area contributed by atoms with E-state index >= 15 is 0 Å². The van der Waals surface area contributed by atoms with Crippen molar-refractivity contribution in [1.29, 1.82) is 0 Å². The summed E-state index contributed by atoms with van der Waals surface area (Å²) in [6.07, 6.45) is 2.05. The van der Waals surface area contributed by atoms with E-state index in [1.807, 2.05) is 5.41 Å². The van der Waals surface area contributed by atoms with Gasteiger partial charge in [-0.05, 0) is 25.3 Å². The predicted molar refractivity (Wildman–Crippen MR) is 63.9 cm³/mol. The molecule has 0 bridgehead atoms. The van der Waals surface area contributed by atoms with Crippen LogP contribution < -0.4 is 0 Å². The molecule has 0 radical (unpaired) electrons. The lowest BCUT2D eigenvalue weighted by Crippen LogP contribution is -1.97. The third-order valence-corrected chi connectivity index (χ3v) is 3.96. The maximum Gasteiger partial charge on any atom is 0.136 e. The third-order valence-electron chi connectivity index (χ3n) is 2.79. The summed E-state index contributed by atoms with van der Waals surface area (Å²) in [5.41, 5.74) is 4.56. The molecule has 4 heteroatoms. The molecule has 0 aromatic heterocycles. The van der Waals surface area contributed by atoms with Crippen LogP contribution in [-0.4, -0.2) is 12.3 Å². The van der Waals surface area contributed by atoms with Crippen molar-refractivity contribution in [2.75, 3.05) is 6.61 Å². The van der Waals surface area contributed by atoms with E-state index in [1.54, 1.807) is 0 Å². The zero-order chi connectivity index (χ0) is 10.4. The molecule has 2 nitrogen and oxygen atoms in total. The number of halogens is 1. The summed E-state index contributed by atoms with van der Waals surface area (Å²) in [4.78, 5) is 4.58. The average molecular weight is 240 g/mol. The van der Waals surface area contributed by atoms with Crippen molar-refractivity contribution in [3.63, 3.8) is 0 Å². The molecule has 3 rings (SSSR count). The van der Waals surface area contributed by atoms with E-state index in [0.717, 1.165) is 39.9 Å². The predicted octanol–water partition coefficient (Wildman–Crippen LogP) is 3.56. The summed E-state index contributed by atoms with van der Waals surface area (Å²) in [7, 11) is 0. The van der Waals surface area contributed by atoms with Crippen LogP contribution in [0.25, 0.3) is 0 Å². The molecule has 0 spiro atoms. The van der Waals surface area contributed by atoms with Crippen molar-refractivity contribution in [2.24, 2.45) is 4.99 Å². The summed E-state index contributed by atoms with van der Waals surface area (Å²) in [5.74, 6) is 0.952. The molecule has 0 fully saturated rings. The Kier molecular flexibility index (Phi) is 2.18. The van der Waals surface area contributed by atoms with E-state index in [2.05, 4.69) is 11.9 Å². The molecule has 3 heterocycles. The Hall–Kier alpha value is -0.670. The molecule has 0 saturated carbocycles. The standard InChI is InChI=1S/C11H10ClNOS/c1-6-2-3-7-4-14-8-5-15-11(12)10(13-6)9(7)8/h5H,2-4H2,1H3. The summed E-state index contributed by atoms with van der Waals surface area (Å²) in [5, 5.41) is 1.98. The van der Waals surface area contributed by atoms with Crippen molar-refractivity contribution in [3.05, 3.63) is 32.4 Å². The topological polar surface area (TPSA) is 21.6 Å². The summed E-state index contributed by atoms with van der Waals surface area (Å²) in [6.45, 7) is 2.76. The smallest absolute Gasteiger partial charge is 0.136 e. The molecule has 0 N–H and O–H groups in total. The van der Waals surface area contributed by atoms with Gasteiger partial charge in [-0.25, -0.2) is 0 Å². The van der Waals surface area contributed by atoms with E-state index in [0.29, 0.717) is 6.61 Å². The Morgan fingerprint density at radius 1 is 1.47 bits per heavy atom. The number of rotatable bonds is 0. The highest BCUT2D eigenvalue weighted by atomic mass is 35.5. The molecular formula is C11H10ClNOS. The van der Waals surface area contributed by atoms with Crippen molar-refractivity contribution in [2.45, 2.75) is 19.8 Å². The molecule has 0 aromatic rings. The summed E-state index contributed by atoms with van der Waals surface area (Å²) >= 11 is 7.68. The highest BCUT2D eigenvalue weighted by Crippen LogP contribution is 2.45. The fourth-order valence-electron chi connectivity index (χ4n) is 2.00. The Balaban J connectivity index is 2.20. The third kappa shape index (κ3) is 1.45. The number of hydrogen-bond donors (Lipinski definition) is 0. The maximum atomic E-state index is 6.19. The van der Waals surface area contributed by atoms with Gasteiger partial charge >= 0.3 is 0 Å². The second-order valence-electron chi connectivity index (χ2n) is 3.84. The second kappa shape index (κ2) is 3.42. The van der Waals surface area contributed by atoms with Crippen molar-refractivity contribution >= 4 is 29.1 Å². The van der Waals surface area contributed by atoms with E-state index in [-0.39, 0.29) is 0 Å². The number of ether oxygens (including phenoxy) is 1. The Morgan fingerprint density at radius 2 is 2.33 bits per heavy atom. The highest BCUT2D eigenvalue weighted by molar-refractivity contribution is 8.07. The van der Waals surface area contributed by atoms with Crippen LogP contribution in [0.1, 0.15) is 19.8 Å². The van der Waals surface area contributed by atoms with Crippen LogP contribution in [0.4, 0.5) is 0 Å². The molecule has 78 valence electrons. The Morgan fingerprint density at radius 3 is 3.20 bits per heavy atom. The van der Waals surface area contributed by atoms with Crippen LogP contribution in [0.15, 0.2) is 37.4 Å². The summed E-state index contributed by atoms with van der Waals surface area (Å²) in [6, 6.07) is 0.